The number of aromatic nitrogens is 2. The molecule has 0 aliphatic carbocycles. The van der Waals surface area contributed by atoms with E-state index < -0.39 is 11.5 Å². The zero-order valence-corrected chi connectivity index (χ0v) is 14.8. The summed E-state index contributed by atoms with van der Waals surface area (Å²) >= 11 is 5.97. The minimum absolute atomic E-state index is 0.0572. The van der Waals surface area contributed by atoms with Gasteiger partial charge in [0.05, 0.1) is 31.8 Å². The second-order valence-corrected chi connectivity index (χ2v) is 5.85. The molecule has 3 rings (SSSR count). The van der Waals surface area contributed by atoms with Gasteiger partial charge in [-0.05, 0) is 23.8 Å². The number of nitrogens with zero attached hydrogens (tertiary/aromatic N) is 2. The normalized spacial score (nSPS) is 10.7. The Morgan fingerprint density at radius 3 is 2.46 bits per heavy atom. The number of fused-ring (bicyclic) bond motifs is 1. The van der Waals surface area contributed by atoms with Gasteiger partial charge in [-0.15, -0.1) is 0 Å². The molecule has 1 N–H and O–H groups in total. The monoisotopic (exact) mass is 374 g/mol. The molecule has 0 aliphatic rings. The minimum Gasteiger partial charge on any atom is -0.497 e. The fraction of sp³-hybridized carbons (Fsp3) is 0.167. The zero-order chi connectivity index (χ0) is 18.8. The molecule has 1 heterocycles. The van der Waals surface area contributed by atoms with E-state index in [-0.39, 0.29) is 23.0 Å². The Bertz CT molecular complexity index is 1040. The maximum absolute atomic E-state index is 12.5. The number of carbonyl (C=O) groups is 1. The maximum atomic E-state index is 12.5. The first-order valence-corrected chi connectivity index (χ1v) is 7.96. The fourth-order valence-electron chi connectivity index (χ4n) is 2.64. The Kier molecular flexibility index (Phi) is 4.81. The van der Waals surface area contributed by atoms with Gasteiger partial charge in [0.2, 0.25) is 0 Å². The van der Waals surface area contributed by atoms with Gasteiger partial charge in [0.25, 0.3) is 5.56 Å². The third kappa shape index (κ3) is 3.21. The first-order valence-electron chi connectivity index (χ1n) is 7.59. The molecule has 0 saturated heterocycles. The zero-order valence-electron chi connectivity index (χ0n) is 14.0. The quantitative estimate of drug-likeness (QED) is 0.738. The molecule has 0 amide bonds. The third-order valence-corrected chi connectivity index (χ3v) is 4.20. The van der Waals surface area contributed by atoms with Crippen LogP contribution in [-0.2, 0) is 6.54 Å². The number of rotatable bonds is 5. The number of aromatic carboxylic acids is 1. The van der Waals surface area contributed by atoms with Crippen LogP contribution in [0, 0.1) is 0 Å². The van der Waals surface area contributed by atoms with Crippen LogP contribution in [0.5, 0.6) is 11.5 Å². The standard InChI is InChI=1S/C18H15ClN2O5/c1-25-11-5-3-10(4-6-11)9-21-14-8-15(26-2)12(18(23)24)7-13(14)20-16(19)17(21)22/h3-8H,9H2,1-2H3,(H,23,24). The Balaban J connectivity index is 2.20. The van der Waals surface area contributed by atoms with E-state index >= 15 is 0 Å². The molecule has 0 atom stereocenters. The number of halogens is 1. The van der Waals surface area contributed by atoms with E-state index in [0.717, 1.165) is 5.56 Å². The van der Waals surface area contributed by atoms with Crippen molar-refractivity contribution in [1.82, 2.24) is 9.55 Å². The van der Waals surface area contributed by atoms with Gasteiger partial charge in [0.15, 0.2) is 5.15 Å². The van der Waals surface area contributed by atoms with Crippen LogP contribution in [0.15, 0.2) is 41.2 Å². The van der Waals surface area contributed by atoms with Crippen LogP contribution in [0.25, 0.3) is 11.0 Å². The Morgan fingerprint density at radius 2 is 1.88 bits per heavy atom. The van der Waals surface area contributed by atoms with Gasteiger partial charge >= 0.3 is 5.97 Å². The van der Waals surface area contributed by atoms with Gasteiger partial charge < -0.3 is 14.6 Å². The summed E-state index contributed by atoms with van der Waals surface area (Å²) in [6.07, 6.45) is 0. The molecule has 0 aliphatic heterocycles. The van der Waals surface area contributed by atoms with E-state index in [2.05, 4.69) is 4.98 Å². The van der Waals surface area contributed by atoms with Crippen molar-refractivity contribution >= 4 is 28.6 Å². The van der Waals surface area contributed by atoms with Gasteiger partial charge in [0, 0.05) is 6.07 Å². The van der Waals surface area contributed by atoms with E-state index in [1.807, 2.05) is 12.1 Å². The number of ether oxygens (including phenoxy) is 2. The number of benzene rings is 2. The summed E-state index contributed by atoms with van der Waals surface area (Å²) < 4.78 is 11.7. The molecule has 0 radical (unpaired) electrons. The largest absolute Gasteiger partial charge is 0.497 e. The van der Waals surface area contributed by atoms with E-state index in [0.29, 0.717) is 16.8 Å². The van der Waals surface area contributed by atoms with Crippen molar-refractivity contribution < 1.29 is 19.4 Å². The lowest BCUT2D eigenvalue weighted by molar-refractivity contribution is 0.0693. The van der Waals surface area contributed by atoms with Crippen LogP contribution >= 0.6 is 11.6 Å². The topological polar surface area (TPSA) is 90.7 Å². The molecule has 134 valence electrons. The summed E-state index contributed by atoms with van der Waals surface area (Å²) in [5.74, 6) is -0.321. The number of hydrogen-bond donors (Lipinski definition) is 1. The van der Waals surface area contributed by atoms with Gasteiger partial charge in [-0.2, -0.15) is 0 Å². The highest BCUT2D eigenvalue weighted by molar-refractivity contribution is 6.29. The van der Waals surface area contributed by atoms with Crippen LogP contribution in [0.3, 0.4) is 0 Å². The van der Waals surface area contributed by atoms with Crippen molar-refractivity contribution in [3.8, 4) is 11.5 Å². The predicted molar refractivity (Wildman–Crippen MR) is 96.6 cm³/mol. The van der Waals surface area contributed by atoms with Crippen LogP contribution in [0.2, 0.25) is 5.15 Å². The summed E-state index contributed by atoms with van der Waals surface area (Å²) in [6, 6.07) is 10.0. The van der Waals surface area contributed by atoms with E-state index in [4.69, 9.17) is 21.1 Å². The third-order valence-electron chi connectivity index (χ3n) is 3.96. The van der Waals surface area contributed by atoms with Crippen molar-refractivity contribution in [2.75, 3.05) is 14.2 Å². The average Bonchev–Trinajstić information content (AvgIpc) is 2.65. The van der Waals surface area contributed by atoms with Crippen molar-refractivity contribution in [3.63, 3.8) is 0 Å². The number of methoxy groups -OCH3 is 2. The lowest BCUT2D eigenvalue weighted by Gasteiger charge is -2.13. The highest BCUT2D eigenvalue weighted by Gasteiger charge is 2.17. The van der Waals surface area contributed by atoms with E-state index in [1.165, 1.54) is 23.8 Å². The Labute approximate surface area is 153 Å². The summed E-state index contributed by atoms with van der Waals surface area (Å²) in [5.41, 5.74) is 1.04. The van der Waals surface area contributed by atoms with Gasteiger partial charge in [0.1, 0.15) is 17.1 Å². The lowest BCUT2D eigenvalue weighted by atomic mass is 10.1. The highest BCUT2D eigenvalue weighted by Crippen LogP contribution is 2.26. The maximum Gasteiger partial charge on any atom is 0.339 e. The number of carboxylic acid groups (broad SMARTS) is 1. The molecule has 0 spiro atoms. The molecule has 3 aromatic rings. The van der Waals surface area contributed by atoms with Crippen molar-refractivity contribution in [1.29, 1.82) is 0 Å². The van der Waals surface area contributed by atoms with Gasteiger partial charge in [-0.1, -0.05) is 23.7 Å². The van der Waals surface area contributed by atoms with Crippen LogP contribution in [-0.4, -0.2) is 34.8 Å². The molecule has 2 aromatic carbocycles. The van der Waals surface area contributed by atoms with Crippen LogP contribution in [0.1, 0.15) is 15.9 Å². The number of carboxylic acids is 1. The second-order valence-electron chi connectivity index (χ2n) is 5.49. The Morgan fingerprint density at radius 1 is 1.19 bits per heavy atom. The molecular weight excluding hydrogens is 360 g/mol. The average molecular weight is 375 g/mol. The van der Waals surface area contributed by atoms with E-state index in [1.54, 1.807) is 19.2 Å². The SMILES string of the molecule is COc1ccc(Cn2c(=O)c(Cl)nc3cc(C(=O)O)c(OC)cc32)cc1. The molecule has 1 aromatic heterocycles. The van der Waals surface area contributed by atoms with Crippen LogP contribution in [0.4, 0.5) is 0 Å². The predicted octanol–water partition coefficient (Wildman–Crippen LogP) is 2.81. The van der Waals surface area contributed by atoms with E-state index in [9.17, 15) is 14.7 Å². The molecular formula is C18H15ClN2O5. The molecule has 8 heteroatoms. The molecule has 0 bridgehead atoms. The molecule has 0 unspecified atom stereocenters. The van der Waals surface area contributed by atoms with Gasteiger partial charge in [-0.25, -0.2) is 9.78 Å². The molecule has 0 saturated carbocycles. The molecule has 7 nitrogen and oxygen atoms in total. The summed E-state index contributed by atoms with van der Waals surface area (Å²) in [6.45, 7) is 0.233. The highest BCUT2D eigenvalue weighted by atomic mass is 35.5. The van der Waals surface area contributed by atoms with Crippen LogP contribution < -0.4 is 15.0 Å². The fourth-order valence-corrected chi connectivity index (χ4v) is 2.84. The first-order chi connectivity index (χ1) is 12.4. The molecule has 26 heavy (non-hydrogen) atoms. The Hall–Kier alpha value is -3.06. The van der Waals surface area contributed by atoms with Crippen molar-refractivity contribution in [2.45, 2.75) is 6.54 Å². The second kappa shape index (κ2) is 7.05. The molecule has 0 fully saturated rings. The number of hydrogen-bond acceptors (Lipinski definition) is 5. The lowest BCUT2D eigenvalue weighted by Crippen LogP contribution is -2.23. The summed E-state index contributed by atoms with van der Waals surface area (Å²) in [4.78, 5) is 27.9. The van der Waals surface area contributed by atoms with Crippen molar-refractivity contribution in [2.24, 2.45) is 0 Å². The van der Waals surface area contributed by atoms with Crippen molar-refractivity contribution in [3.05, 3.63) is 63.0 Å². The summed E-state index contributed by atoms with van der Waals surface area (Å²) in [5, 5.41) is 9.08. The summed E-state index contributed by atoms with van der Waals surface area (Å²) in [7, 11) is 2.94. The smallest absolute Gasteiger partial charge is 0.339 e. The van der Waals surface area contributed by atoms with Gasteiger partial charge in [-0.3, -0.25) is 9.36 Å². The minimum atomic E-state index is -1.16. The first kappa shape index (κ1) is 17.8.